The van der Waals surface area contributed by atoms with E-state index >= 15 is 0 Å². The van der Waals surface area contributed by atoms with Crippen LogP contribution in [-0.2, 0) is 6.54 Å². The number of carboxylic acid groups (broad SMARTS) is 1. The Labute approximate surface area is 110 Å². The lowest BCUT2D eigenvalue weighted by Crippen LogP contribution is -2.03. The molecule has 1 aromatic heterocycles. The van der Waals surface area contributed by atoms with Crippen LogP contribution in [0.2, 0.25) is 0 Å². The minimum atomic E-state index is -1.03. The molecule has 1 heterocycles. The van der Waals surface area contributed by atoms with Crippen molar-refractivity contribution in [2.75, 3.05) is 12.4 Å². The zero-order chi connectivity index (χ0) is 13.7. The molecule has 0 aliphatic carbocycles. The van der Waals surface area contributed by atoms with E-state index in [0.717, 1.165) is 17.0 Å². The Morgan fingerprint density at radius 1 is 1.37 bits per heavy atom. The van der Waals surface area contributed by atoms with Gasteiger partial charge in [-0.3, -0.25) is 0 Å². The third-order valence-corrected chi connectivity index (χ3v) is 2.61. The van der Waals surface area contributed by atoms with E-state index in [1.807, 2.05) is 24.3 Å². The lowest BCUT2D eigenvalue weighted by molar-refractivity contribution is 0.0690. The van der Waals surface area contributed by atoms with Crippen LogP contribution in [0.4, 0.5) is 5.69 Å². The number of carboxylic acids is 1. The quantitative estimate of drug-likeness (QED) is 0.861. The molecule has 0 spiro atoms. The number of ether oxygens (including phenoxy) is 1. The number of aromatic carboxylic acids is 1. The molecule has 2 aromatic rings. The fraction of sp³-hybridized carbons (Fsp3) is 0.143. The van der Waals surface area contributed by atoms with Crippen molar-refractivity contribution in [3.8, 4) is 5.75 Å². The van der Waals surface area contributed by atoms with E-state index in [1.165, 1.54) is 12.3 Å². The number of pyridine rings is 1. The van der Waals surface area contributed by atoms with E-state index in [2.05, 4.69) is 10.3 Å². The molecule has 98 valence electrons. The van der Waals surface area contributed by atoms with Crippen molar-refractivity contribution in [1.82, 2.24) is 4.98 Å². The van der Waals surface area contributed by atoms with Crippen molar-refractivity contribution in [3.05, 3.63) is 53.9 Å². The van der Waals surface area contributed by atoms with E-state index < -0.39 is 5.97 Å². The first-order valence-corrected chi connectivity index (χ1v) is 5.75. The maximum absolute atomic E-state index is 10.7. The van der Waals surface area contributed by atoms with Gasteiger partial charge in [0.15, 0.2) is 0 Å². The summed E-state index contributed by atoms with van der Waals surface area (Å²) in [6.45, 7) is 0.616. The number of methoxy groups -OCH3 is 1. The number of anilines is 1. The second-order valence-electron chi connectivity index (χ2n) is 3.94. The Balaban J connectivity index is 1.99. The minimum Gasteiger partial charge on any atom is -0.497 e. The fourth-order valence-corrected chi connectivity index (χ4v) is 1.61. The third kappa shape index (κ3) is 3.45. The average molecular weight is 258 g/mol. The minimum absolute atomic E-state index is 0.0342. The number of carbonyl (C=O) groups is 1. The summed E-state index contributed by atoms with van der Waals surface area (Å²) in [5, 5.41) is 11.9. The second-order valence-corrected chi connectivity index (χ2v) is 3.94. The summed E-state index contributed by atoms with van der Waals surface area (Å²) in [5.41, 5.74) is 1.88. The molecule has 0 saturated heterocycles. The summed E-state index contributed by atoms with van der Waals surface area (Å²) in [7, 11) is 1.63. The molecule has 0 unspecified atom stereocenters. The van der Waals surface area contributed by atoms with E-state index in [1.54, 1.807) is 13.2 Å². The van der Waals surface area contributed by atoms with Crippen LogP contribution < -0.4 is 10.1 Å². The molecule has 5 heteroatoms. The summed E-state index contributed by atoms with van der Waals surface area (Å²) >= 11 is 0. The lowest BCUT2D eigenvalue weighted by Gasteiger charge is -2.07. The van der Waals surface area contributed by atoms with Crippen molar-refractivity contribution in [2.24, 2.45) is 0 Å². The monoisotopic (exact) mass is 258 g/mol. The van der Waals surface area contributed by atoms with Crippen LogP contribution >= 0.6 is 0 Å². The Bertz CT molecular complexity index is 567. The van der Waals surface area contributed by atoms with Gasteiger partial charge < -0.3 is 15.2 Å². The standard InChI is InChI=1S/C14H14N2O3/c1-19-12-4-2-3-10(7-12)8-15-11-5-6-13(14(17)18)16-9-11/h2-7,9,15H,8H2,1H3,(H,17,18). The summed E-state index contributed by atoms with van der Waals surface area (Å²) in [6.07, 6.45) is 1.50. The summed E-state index contributed by atoms with van der Waals surface area (Å²) in [6, 6.07) is 10.9. The van der Waals surface area contributed by atoms with E-state index in [0.29, 0.717) is 6.54 Å². The molecule has 0 saturated carbocycles. The van der Waals surface area contributed by atoms with Gasteiger partial charge in [-0.25, -0.2) is 9.78 Å². The molecular weight excluding hydrogens is 244 g/mol. The highest BCUT2D eigenvalue weighted by Gasteiger charge is 2.03. The van der Waals surface area contributed by atoms with Crippen LogP contribution in [0, 0.1) is 0 Å². The van der Waals surface area contributed by atoms with Gasteiger partial charge in [0.05, 0.1) is 19.0 Å². The topological polar surface area (TPSA) is 71.5 Å². The Hall–Kier alpha value is -2.56. The third-order valence-electron chi connectivity index (χ3n) is 2.61. The molecule has 0 fully saturated rings. The van der Waals surface area contributed by atoms with Gasteiger partial charge in [0, 0.05) is 6.54 Å². The molecule has 0 bridgehead atoms. The lowest BCUT2D eigenvalue weighted by atomic mass is 10.2. The fourth-order valence-electron chi connectivity index (χ4n) is 1.61. The molecule has 0 amide bonds. The molecular formula is C14H14N2O3. The van der Waals surface area contributed by atoms with E-state index in [4.69, 9.17) is 9.84 Å². The number of benzene rings is 1. The Kier molecular flexibility index (Phi) is 3.97. The normalized spacial score (nSPS) is 9.95. The van der Waals surface area contributed by atoms with Crippen LogP contribution in [0.25, 0.3) is 0 Å². The first kappa shape index (κ1) is 12.9. The molecule has 0 atom stereocenters. The highest BCUT2D eigenvalue weighted by atomic mass is 16.5. The number of nitrogens with one attached hydrogen (secondary N) is 1. The maximum Gasteiger partial charge on any atom is 0.354 e. The van der Waals surface area contributed by atoms with Crippen molar-refractivity contribution in [2.45, 2.75) is 6.54 Å². The molecule has 0 aliphatic heterocycles. The van der Waals surface area contributed by atoms with Crippen molar-refractivity contribution >= 4 is 11.7 Å². The number of aromatic nitrogens is 1. The van der Waals surface area contributed by atoms with Gasteiger partial charge in [-0.1, -0.05) is 12.1 Å². The van der Waals surface area contributed by atoms with Crippen LogP contribution in [0.15, 0.2) is 42.6 Å². The van der Waals surface area contributed by atoms with Gasteiger partial charge in [0.1, 0.15) is 11.4 Å². The molecule has 0 radical (unpaired) electrons. The van der Waals surface area contributed by atoms with Gasteiger partial charge in [-0.05, 0) is 29.8 Å². The Morgan fingerprint density at radius 3 is 2.84 bits per heavy atom. The first-order chi connectivity index (χ1) is 9.19. The van der Waals surface area contributed by atoms with Crippen LogP contribution in [0.3, 0.4) is 0 Å². The number of hydrogen-bond donors (Lipinski definition) is 2. The van der Waals surface area contributed by atoms with Gasteiger partial charge >= 0.3 is 5.97 Å². The molecule has 2 rings (SSSR count). The smallest absolute Gasteiger partial charge is 0.354 e. The SMILES string of the molecule is COc1cccc(CNc2ccc(C(=O)O)nc2)c1. The summed E-state index contributed by atoms with van der Waals surface area (Å²) in [5.74, 6) is -0.224. The number of rotatable bonds is 5. The van der Waals surface area contributed by atoms with Crippen LogP contribution in [-0.4, -0.2) is 23.2 Å². The molecule has 5 nitrogen and oxygen atoms in total. The highest BCUT2D eigenvalue weighted by molar-refractivity contribution is 5.85. The van der Waals surface area contributed by atoms with E-state index in [9.17, 15) is 4.79 Å². The zero-order valence-corrected chi connectivity index (χ0v) is 10.5. The second kappa shape index (κ2) is 5.86. The average Bonchev–Trinajstić information content (AvgIpc) is 2.46. The van der Waals surface area contributed by atoms with E-state index in [-0.39, 0.29) is 5.69 Å². The van der Waals surface area contributed by atoms with Crippen LogP contribution in [0.5, 0.6) is 5.75 Å². The van der Waals surface area contributed by atoms with Gasteiger partial charge in [-0.2, -0.15) is 0 Å². The van der Waals surface area contributed by atoms with Gasteiger partial charge in [0.25, 0.3) is 0 Å². The predicted molar refractivity (Wildman–Crippen MR) is 71.5 cm³/mol. The van der Waals surface area contributed by atoms with Crippen molar-refractivity contribution in [3.63, 3.8) is 0 Å². The Morgan fingerprint density at radius 2 is 2.21 bits per heavy atom. The molecule has 1 aromatic carbocycles. The van der Waals surface area contributed by atoms with Gasteiger partial charge in [0.2, 0.25) is 0 Å². The first-order valence-electron chi connectivity index (χ1n) is 5.75. The molecule has 2 N–H and O–H groups in total. The maximum atomic E-state index is 10.7. The molecule has 19 heavy (non-hydrogen) atoms. The molecule has 0 aliphatic rings. The van der Waals surface area contributed by atoms with Crippen molar-refractivity contribution in [1.29, 1.82) is 0 Å². The highest BCUT2D eigenvalue weighted by Crippen LogP contribution is 2.14. The summed E-state index contributed by atoms with van der Waals surface area (Å²) < 4.78 is 5.14. The van der Waals surface area contributed by atoms with Crippen LogP contribution in [0.1, 0.15) is 16.1 Å². The van der Waals surface area contributed by atoms with Crippen molar-refractivity contribution < 1.29 is 14.6 Å². The van der Waals surface area contributed by atoms with Gasteiger partial charge in [-0.15, -0.1) is 0 Å². The predicted octanol–water partition coefficient (Wildman–Crippen LogP) is 2.40. The summed E-state index contributed by atoms with van der Waals surface area (Å²) in [4.78, 5) is 14.5. The number of hydrogen-bond acceptors (Lipinski definition) is 4. The largest absolute Gasteiger partial charge is 0.497 e. The number of nitrogens with zero attached hydrogens (tertiary/aromatic N) is 1. The zero-order valence-electron chi connectivity index (χ0n) is 10.5.